The van der Waals surface area contributed by atoms with Crippen molar-refractivity contribution in [1.29, 1.82) is 0 Å². The quantitative estimate of drug-likeness (QED) is 0.481. The fourth-order valence-corrected chi connectivity index (χ4v) is 1.13. The van der Waals surface area contributed by atoms with Crippen molar-refractivity contribution in [2.75, 3.05) is 0 Å². The highest BCUT2D eigenvalue weighted by atomic mass is 16.3. The minimum Gasteiger partial charge on any atom is -0.508 e. The van der Waals surface area contributed by atoms with Crippen molar-refractivity contribution in [2.24, 2.45) is 5.84 Å². The lowest BCUT2D eigenvalue weighted by Gasteiger charge is -2.08. The fourth-order valence-electron chi connectivity index (χ4n) is 1.13. The number of hydrogen-bond acceptors (Lipinski definition) is 3. The Morgan fingerprint density at radius 1 is 1.38 bits per heavy atom. The van der Waals surface area contributed by atoms with Crippen molar-refractivity contribution < 1.29 is 5.11 Å². The predicted molar refractivity (Wildman–Crippen MR) is 53.2 cm³/mol. The van der Waals surface area contributed by atoms with Gasteiger partial charge >= 0.3 is 0 Å². The van der Waals surface area contributed by atoms with Crippen LogP contribution in [-0.4, -0.2) is 11.1 Å². The molecule has 13 heavy (non-hydrogen) atoms. The second kappa shape index (κ2) is 4.84. The van der Waals surface area contributed by atoms with Crippen LogP contribution in [0, 0.1) is 0 Å². The first-order chi connectivity index (χ1) is 6.22. The number of nitrogens with two attached hydrogens (primary N) is 1. The van der Waals surface area contributed by atoms with Gasteiger partial charge in [0.15, 0.2) is 0 Å². The van der Waals surface area contributed by atoms with E-state index in [-0.39, 0.29) is 0 Å². The first kappa shape index (κ1) is 10.0. The van der Waals surface area contributed by atoms with Crippen LogP contribution < -0.4 is 11.3 Å². The van der Waals surface area contributed by atoms with E-state index < -0.39 is 0 Å². The number of aromatic hydroxyl groups is 1. The number of rotatable bonds is 4. The van der Waals surface area contributed by atoms with Gasteiger partial charge in [-0.1, -0.05) is 12.1 Å². The van der Waals surface area contributed by atoms with Gasteiger partial charge in [0, 0.05) is 6.04 Å². The third-order valence-corrected chi connectivity index (χ3v) is 2.09. The van der Waals surface area contributed by atoms with Crippen LogP contribution in [-0.2, 0) is 6.42 Å². The molecule has 0 fully saturated rings. The van der Waals surface area contributed by atoms with E-state index in [4.69, 9.17) is 10.9 Å². The van der Waals surface area contributed by atoms with E-state index in [1.807, 2.05) is 19.1 Å². The zero-order valence-corrected chi connectivity index (χ0v) is 7.83. The summed E-state index contributed by atoms with van der Waals surface area (Å²) in [6.07, 6.45) is 1.98. The van der Waals surface area contributed by atoms with Gasteiger partial charge in [0.1, 0.15) is 5.75 Å². The second-order valence-electron chi connectivity index (χ2n) is 3.27. The van der Waals surface area contributed by atoms with Crippen LogP contribution >= 0.6 is 0 Å². The molecule has 0 saturated carbocycles. The molecule has 0 aliphatic carbocycles. The van der Waals surface area contributed by atoms with Gasteiger partial charge in [0.05, 0.1) is 0 Å². The van der Waals surface area contributed by atoms with Crippen molar-refractivity contribution in [3.8, 4) is 5.75 Å². The van der Waals surface area contributed by atoms with Crippen LogP contribution in [0.25, 0.3) is 0 Å². The highest BCUT2D eigenvalue weighted by molar-refractivity contribution is 5.25. The zero-order chi connectivity index (χ0) is 9.68. The lowest BCUT2D eigenvalue weighted by molar-refractivity contribution is 0.475. The number of phenols is 1. The summed E-state index contributed by atoms with van der Waals surface area (Å²) < 4.78 is 0. The normalized spacial score (nSPS) is 12.8. The van der Waals surface area contributed by atoms with Gasteiger partial charge in [-0.2, -0.15) is 0 Å². The molecule has 1 rings (SSSR count). The van der Waals surface area contributed by atoms with Crippen LogP contribution in [0.3, 0.4) is 0 Å². The molecule has 0 bridgehead atoms. The standard InChI is InChI=1S/C10H16N2O/c1-8(12-11)2-3-9-4-6-10(13)7-5-9/h4-8,12-13H,2-3,11H2,1H3/t8-/m0/s1. The Hall–Kier alpha value is -1.06. The van der Waals surface area contributed by atoms with Crippen LogP contribution in [0.15, 0.2) is 24.3 Å². The molecule has 0 aromatic heterocycles. The SMILES string of the molecule is C[C@@H](CCc1ccc(O)cc1)NN. The highest BCUT2D eigenvalue weighted by Crippen LogP contribution is 2.11. The Labute approximate surface area is 78.5 Å². The van der Waals surface area contributed by atoms with Gasteiger partial charge in [0.25, 0.3) is 0 Å². The largest absolute Gasteiger partial charge is 0.508 e. The van der Waals surface area contributed by atoms with Crippen molar-refractivity contribution in [3.63, 3.8) is 0 Å². The molecule has 3 heteroatoms. The lowest BCUT2D eigenvalue weighted by atomic mass is 10.1. The zero-order valence-electron chi connectivity index (χ0n) is 7.83. The topological polar surface area (TPSA) is 58.3 Å². The number of benzene rings is 1. The van der Waals surface area contributed by atoms with Gasteiger partial charge in [-0.25, -0.2) is 0 Å². The summed E-state index contributed by atoms with van der Waals surface area (Å²) in [6, 6.07) is 7.59. The summed E-state index contributed by atoms with van der Waals surface area (Å²) in [6.45, 7) is 2.04. The first-order valence-electron chi connectivity index (χ1n) is 4.46. The average molecular weight is 180 g/mol. The molecular weight excluding hydrogens is 164 g/mol. The van der Waals surface area contributed by atoms with Gasteiger partial charge in [0.2, 0.25) is 0 Å². The fraction of sp³-hybridized carbons (Fsp3) is 0.400. The highest BCUT2D eigenvalue weighted by Gasteiger charge is 1.99. The lowest BCUT2D eigenvalue weighted by Crippen LogP contribution is -2.32. The summed E-state index contributed by atoms with van der Waals surface area (Å²) in [5, 5.41) is 9.05. The molecule has 0 heterocycles. The Balaban J connectivity index is 2.41. The van der Waals surface area contributed by atoms with Gasteiger partial charge in [-0.3, -0.25) is 11.3 Å². The van der Waals surface area contributed by atoms with Crippen LogP contribution in [0.5, 0.6) is 5.75 Å². The number of nitrogens with one attached hydrogen (secondary N) is 1. The molecule has 0 unspecified atom stereocenters. The van der Waals surface area contributed by atoms with Crippen molar-refractivity contribution in [1.82, 2.24) is 5.43 Å². The third-order valence-electron chi connectivity index (χ3n) is 2.09. The molecule has 1 aromatic rings. The van der Waals surface area contributed by atoms with E-state index in [9.17, 15) is 0 Å². The number of phenolic OH excluding ortho intramolecular Hbond substituents is 1. The Kier molecular flexibility index (Phi) is 3.73. The van der Waals surface area contributed by atoms with E-state index in [1.54, 1.807) is 12.1 Å². The maximum absolute atomic E-state index is 9.05. The van der Waals surface area contributed by atoms with E-state index in [2.05, 4.69) is 5.43 Å². The first-order valence-corrected chi connectivity index (χ1v) is 4.46. The molecule has 0 spiro atoms. The molecule has 0 aliphatic heterocycles. The van der Waals surface area contributed by atoms with Gasteiger partial charge < -0.3 is 5.11 Å². The Morgan fingerprint density at radius 3 is 2.54 bits per heavy atom. The Bertz CT molecular complexity index is 246. The molecule has 0 aliphatic rings. The minimum absolute atomic E-state index is 0.314. The molecular formula is C10H16N2O. The maximum atomic E-state index is 9.05. The summed E-state index contributed by atoms with van der Waals surface area (Å²) in [4.78, 5) is 0. The average Bonchev–Trinajstić information content (AvgIpc) is 2.16. The summed E-state index contributed by atoms with van der Waals surface area (Å²) in [5.41, 5.74) is 3.92. The van der Waals surface area contributed by atoms with Gasteiger partial charge in [-0.05, 0) is 37.5 Å². The Morgan fingerprint density at radius 2 is 2.00 bits per heavy atom. The molecule has 0 radical (unpaired) electrons. The van der Waals surface area contributed by atoms with E-state index >= 15 is 0 Å². The summed E-state index contributed by atoms with van der Waals surface area (Å²) in [5.74, 6) is 5.58. The molecule has 72 valence electrons. The minimum atomic E-state index is 0.314. The summed E-state index contributed by atoms with van der Waals surface area (Å²) >= 11 is 0. The summed E-state index contributed by atoms with van der Waals surface area (Å²) in [7, 11) is 0. The van der Waals surface area contributed by atoms with Crippen LogP contribution in [0.4, 0.5) is 0 Å². The molecule has 3 nitrogen and oxygen atoms in total. The molecule has 1 aromatic carbocycles. The number of hydrazine groups is 1. The van der Waals surface area contributed by atoms with Crippen molar-refractivity contribution in [2.45, 2.75) is 25.8 Å². The smallest absolute Gasteiger partial charge is 0.115 e. The van der Waals surface area contributed by atoms with Crippen LogP contribution in [0.2, 0.25) is 0 Å². The monoisotopic (exact) mass is 180 g/mol. The maximum Gasteiger partial charge on any atom is 0.115 e. The number of hydrogen-bond donors (Lipinski definition) is 3. The predicted octanol–water partition coefficient (Wildman–Crippen LogP) is 1.18. The van der Waals surface area contributed by atoms with E-state index in [0.29, 0.717) is 11.8 Å². The van der Waals surface area contributed by atoms with Crippen molar-refractivity contribution in [3.05, 3.63) is 29.8 Å². The van der Waals surface area contributed by atoms with Gasteiger partial charge in [-0.15, -0.1) is 0 Å². The molecule has 0 saturated heterocycles. The van der Waals surface area contributed by atoms with E-state index in [1.165, 1.54) is 5.56 Å². The number of aryl methyl sites for hydroxylation is 1. The molecule has 1 atom stereocenters. The van der Waals surface area contributed by atoms with E-state index in [0.717, 1.165) is 12.8 Å². The van der Waals surface area contributed by atoms with Crippen molar-refractivity contribution >= 4 is 0 Å². The molecule has 0 amide bonds. The molecule has 4 N–H and O–H groups in total. The second-order valence-corrected chi connectivity index (χ2v) is 3.27. The third kappa shape index (κ3) is 3.44. The van der Waals surface area contributed by atoms with Crippen LogP contribution in [0.1, 0.15) is 18.9 Å².